The van der Waals surface area contributed by atoms with Crippen LogP contribution in [0.2, 0.25) is 0 Å². The fourth-order valence-corrected chi connectivity index (χ4v) is 2.45. The SMILES string of the molecule is C=C(C)/C=C(\C)S(=O)(=O)c1ccccc1. The molecule has 0 amide bonds. The molecule has 2 nitrogen and oxygen atoms in total. The van der Waals surface area contributed by atoms with Gasteiger partial charge in [-0.1, -0.05) is 30.4 Å². The van der Waals surface area contributed by atoms with Gasteiger partial charge in [0.1, 0.15) is 0 Å². The zero-order chi connectivity index (χ0) is 11.5. The Balaban J connectivity index is 3.21. The molecule has 0 aliphatic carbocycles. The van der Waals surface area contributed by atoms with Crippen molar-refractivity contribution >= 4 is 9.84 Å². The van der Waals surface area contributed by atoms with Crippen LogP contribution in [-0.2, 0) is 9.84 Å². The summed E-state index contributed by atoms with van der Waals surface area (Å²) in [5, 5.41) is 0. The summed E-state index contributed by atoms with van der Waals surface area (Å²) in [6.45, 7) is 7.01. The van der Waals surface area contributed by atoms with E-state index >= 15 is 0 Å². The van der Waals surface area contributed by atoms with Crippen molar-refractivity contribution in [2.45, 2.75) is 18.7 Å². The van der Waals surface area contributed by atoms with E-state index in [0.29, 0.717) is 9.80 Å². The lowest BCUT2D eigenvalue weighted by molar-refractivity contribution is 0.602. The Labute approximate surface area is 90.9 Å². The molecular formula is C12H14O2S. The Kier molecular flexibility index (Phi) is 3.48. The molecule has 1 aromatic rings. The Hall–Kier alpha value is -1.35. The van der Waals surface area contributed by atoms with Gasteiger partial charge < -0.3 is 0 Å². The van der Waals surface area contributed by atoms with Gasteiger partial charge in [-0.15, -0.1) is 0 Å². The molecule has 0 heterocycles. The van der Waals surface area contributed by atoms with Crippen molar-refractivity contribution in [1.82, 2.24) is 0 Å². The molecule has 0 saturated heterocycles. The fraction of sp³-hybridized carbons (Fsp3) is 0.167. The van der Waals surface area contributed by atoms with Gasteiger partial charge in [0.15, 0.2) is 0 Å². The molecular weight excluding hydrogens is 208 g/mol. The van der Waals surface area contributed by atoms with Crippen LogP contribution >= 0.6 is 0 Å². The highest BCUT2D eigenvalue weighted by Crippen LogP contribution is 2.19. The van der Waals surface area contributed by atoms with Crippen molar-refractivity contribution in [3.63, 3.8) is 0 Å². The van der Waals surface area contributed by atoms with Crippen molar-refractivity contribution in [2.75, 3.05) is 0 Å². The second-order valence-electron chi connectivity index (χ2n) is 3.42. The summed E-state index contributed by atoms with van der Waals surface area (Å²) in [5.41, 5.74) is 0.729. The minimum absolute atomic E-state index is 0.319. The van der Waals surface area contributed by atoms with Crippen LogP contribution in [0.25, 0.3) is 0 Å². The summed E-state index contributed by atoms with van der Waals surface area (Å²) in [5.74, 6) is 0. The first kappa shape index (κ1) is 11.7. The van der Waals surface area contributed by atoms with Crippen LogP contribution in [0.3, 0.4) is 0 Å². The monoisotopic (exact) mass is 222 g/mol. The summed E-state index contributed by atoms with van der Waals surface area (Å²) < 4.78 is 23.9. The van der Waals surface area contributed by atoms with Gasteiger partial charge in [0.05, 0.1) is 4.90 Å². The van der Waals surface area contributed by atoms with Crippen LogP contribution in [0.5, 0.6) is 0 Å². The van der Waals surface area contributed by atoms with Crippen LogP contribution in [0.15, 0.2) is 58.4 Å². The molecule has 0 aromatic heterocycles. The zero-order valence-corrected chi connectivity index (χ0v) is 9.71. The van der Waals surface area contributed by atoms with E-state index in [0.717, 1.165) is 5.57 Å². The number of sulfone groups is 1. The molecule has 0 aliphatic rings. The number of benzene rings is 1. The molecule has 0 aliphatic heterocycles. The lowest BCUT2D eigenvalue weighted by Gasteiger charge is -2.04. The number of allylic oxidation sites excluding steroid dienone is 3. The largest absolute Gasteiger partial charge is 0.219 e. The van der Waals surface area contributed by atoms with E-state index in [9.17, 15) is 8.42 Å². The Morgan fingerprint density at radius 3 is 2.20 bits per heavy atom. The normalized spacial score (nSPS) is 12.5. The quantitative estimate of drug-likeness (QED) is 0.737. The molecule has 0 radical (unpaired) electrons. The van der Waals surface area contributed by atoms with Gasteiger partial charge in [-0.2, -0.15) is 0 Å². The molecule has 0 bridgehead atoms. The molecule has 0 spiro atoms. The van der Waals surface area contributed by atoms with E-state index in [1.54, 1.807) is 50.3 Å². The third-order valence-corrected chi connectivity index (χ3v) is 3.79. The lowest BCUT2D eigenvalue weighted by Crippen LogP contribution is -2.02. The fourth-order valence-electron chi connectivity index (χ4n) is 1.21. The van der Waals surface area contributed by atoms with E-state index in [4.69, 9.17) is 0 Å². The molecule has 3 heteroatoms. The Morgan fingerprint density at radius 1 is 1.20 bits per heavy atom. The number of hydrogen-bond acceptors (Lipinski definition) is 2. The molecule has 0 atom stereocenters. The molecule has 0 saturated carbocycles. The molecule has 0 N–H and O–H groups in total. The van der Waals surface area contributed by atoms with Crippen LogP contribution in [0.1, 0.15) is 13.8 Å². The second kappa shape index (κ2) is 4.45. The minimum atomic E-state index is -3.33. The first-order valence-electron chi connectivity index (χ1n) is 4.58. The highest BCUT2D eigenvalue weighted by atomic mass is 32.2. The smallest absolute Gasteiger partial charge is 0.202 e. The van der Waals surface area contributed by atoms with Crippen molar-refractivity contribution in [2.24, 2.45) is 0 Å². The molecule has 1 aromatic carbocycles. The standard InChI is InChI=1S/C12H14O2S/c1-10(2)9-11(3)15(13,14)12-7-5-4-6-8-12/h4-9H,1H2,2-3H3/b11-9+. The molecule has 0 fully saturated rings. The predicted molar refractivity (Wildman–Crippen MR) is 62.2 cm³/mol. The molecule has 80 valence electrons. The number of hydrogen-bond donors (Lipinski definition) is 0. The van der Waals surface area contributed by atoms with Gasteiger partial charge in [0.2, 0.25) is 9.84 Å². The predicted octanol–water partition coefficient (Wildman–Crippen LogP) is 2.94. The number of rotatable bonds is 3. The summed E-state index contributed by atoms with van der Waals surface area (Å²) in [6.07, 6.45) is 1.57. The van der Waals surface area contributed by atoms with E-state index in [2.05, 4.69) is 6.58 Å². The Bertz CT molecular complexity index is 482. The summed E-state index contributed by atoms with van der Waals surface area (Å²) in [6, 6.07) is 8.38. The summed E-state index contributed by atoms with van der Waals surface area (Å²) in [4.78, 5) is 0.640. The van der Waals surface area contributed by atoms with E-state index in [-0.39, 0.29) is 0 Å². The lowest BCUT2D eigenvalue weighted by atomic mass is 10.3. The van der Waals surface area contributed by atoms with E-state index in [1.807, 2.05) is 0 Å². The second-order valence-corrected chi connectivity index (χ2v) is 5.54. The maximum atomic E-state index is 12.0. The molecule has 0 unspecified atom stereocenters. The first-order chi connectivity index (χ1) is 6.94. The van der Waals surface area contributed by atoms with Gasteiger partial charge >= 0.3 is 0 Å². The van der Waals surface area contributed by atoms with Gasteiger partial charge in [0.25, 0.3) is 0 Å². The third-order valence-electron chi connectivity index (χ3n) is 1.93. The maximum absolute atomic E-state index is 12.0. The van der Waals surface area contributed by atoms with Crippen LogP contribution in [0, 0.1) is 0 Å². The van der Waals surface area contributed by atoms with E-state index in [1.165, 1.54) is 0 Å². The van der Waals surface area contributed by atoms with Gasteiger partial charge in [-0.25, -0.2) is 8.42 Å². The zero-order valence-electron chi connectivity index (χ0n) is 8.90. The summed E-state index contributed by atoms with van der Waals surface area (Å²) in [7, 11) is -3.33. The van der Waals surface area contributed by atoms with Gasteiger partial charge in [-0.05, 0) is 32.1 Å². The van der Waals surface area contributed by atoms with Crippen LogP contribution in [0.4, 0.5) is 0 Å². The maximum Gasteiger partial charge on any atom is 0.202 e. The van der Waals surface area contributed by atoms with Crippen molar-refractivity contribution in [3.05, 3.63) is 53.5 Å². The van der Waals surface area contributed by atoms with Crippen molar-refractivity contribution < 1.29 is 8.42 Å². The third kappa shape index (κ3) is 2.80. The van der Waals surface area contributed by atoms with Crippen LogP contribution in [-0.4, -0.2) is 8.42 Å². The highest BCUT2D eigenvalue weighted by molar-refractivity contribution is 7.95. The van der Waals surface area contributed by atoms with Crippen molar-refractivity contribution in [3.8, 4) is 0 Å². The first-order valence-corrected chi connectivity index (χ1v) is 6.07. The topological polar surface area (TPSA) is 34.1 Å². The Morgan fingerprint density at radius 2 is 1.73 bits per heavy atom. The highest BCUT2D eigenvalue weighted by Gasteiger charge is 2.15. The van der Waals surface area contributed by atoms with Crippen LogP contribution < -0.4 is 0 Å². The molecule has 1 rings (SSSR count). The minimum Gasteiger partial charge on any atom is -0.219 e. The van der Waals surface area contributed by atoms with Gasteiger partial charge in [-0.3, -0.25) is 0 Å². The average Bonchev–Trinajstić information content (AvgIpc) is 2.18. The van der Waals surface area contributed by atoms with E-state index < -0.39 is 9.84 Å². The molecule has 15 heavy (non-hydrogen) atoms. The van der Waals surface area contributed by atoms with Gasteiger partial charge in [0, 0.05) is 4.91 Å². The average molecular weight is 222 g/mol. The summed E-state index contributed by atoms with van der Waals surface area (Å²) >= 11 is 0. The van der Waals surface area contributed by atoms with Crippen molar-refractivity contribution in [1.29, 1.82) is 0 Å².